The molecule has 19 heavy (non-hydrogen) atoms. The lowest BCUT2D eigenvalue weighted by molar-refractivity contribution is 0.166. The molecule has 1 aliphatic rings. The summed E-state index contributed by atoms with van der Waals surface area (Å²) in [6.45, 7) is 7.62. The van der Waals surface area contributed by atoms with Gasteiger partial charge in [-0.3, -0.25) is 4.90 Å². The van der Waals surface area contributed by atoms with E-state index < -0.39 is 0 Å². The molecule has 1 fully saturated rings. The van der Waals surface area contributed by atoms with Crippen molar-refractivity contribution in [3.05, 3.63) is 35.4 Å². The summed E-state index contributed by atoms with van der Waals surface area (Å²) < 4.78 is 0. The third kappa shape index (κ3) is 3.37. The molecule has 0 bridgehead atoms. The molecule has 2 heteroatoms. The number of likely N-dealkylation sites (tertiary alicyclic amines) is 1. The Labute approximate surface area is 118 Å². The Bertz CT molecular complexity index is 357. The molecule has 0 amide bonds. The van der Waals surface area contributed by atoms with Gasteiger partial charge in [0.2, 0.25) is 0 Å². The Balaban J connectivity index is 2.27. The highest BCUT2D eigenvalue weighted by Gasteiger charge is 2.29. The van der Waals surface area contributed by atoms with Gasteiger partial charge in [0.05, 0.1) is 0 Å². The minimum absolute atomic E-state index is 0.517. The molecule has 1 saturated heterocycles. The van der Waals surface area contributed by atoms with E-state index in [2.05, 4.69) is 43.0 Å². The largest absolute Gasteiger partial charge is 0.330 e. The second kappa shape index (κ2) is 7.06. The molecule has 2 nitrogen and oxygen atoms in total. The van der Waals surface area contributed by atoms with Crippen molar-refractivity contribution in [1.29, 1.82) is 0 Å². The first kappa shape index (κ1) is 14.5. The van der Waals surface area contributed by atoms with Crippen LogP contribution in [0.3, 0.4) is 0 Å². The summed E-state index contributed by atoms with van der Waals surface area (Å²) in [4.78, 5) is 2.62. The van der Waals surface area contributed by atoms with E-state index >= 15 is 0 Å². The Morgan fingerprint density at radius 3 is 2.47 bits per heavy atom. The van der Waals surface area contributed by atoms with E-state index in [4.69, 9.17) is 5.73 Å². The maximum atomic E-state index is 6.05. The van der Waals surface area contributed by atoms with Crippen LogP contribution >= 0.6 is 0 Å². The van der Waals surface area contributed by atoms with Crippen molar-refractivity contribution >= 4 is 0 Å². The van der Waals surface area contributed by atoms with Crippen molar-refractivity contribution in [2.45, 2.75) is 45.6 Å². The average Bonchev–Trinajstić information content (AvgIpc) is 2.68. The summed E-state index contributed by atoms with van der Waals surface area (Å²) >= 11 is 0. The van der Waals surface area contributed by atoms with Crippen molar-refractivity contribution < 1.29 is 0 Å². The van der Waals surface area contributed by atoms with Gasteiger partial charge in [-0.2, -0.15) is 0 Å². The SMILES string of the molecule is CCc1ccc(C2C(CN)CCCCN2CC)cc1. The fourth-order valence-corrected chi connectivity index (χ4v) is 3.35. The molecule has 1 aromatic rings. The van der Waals surface area contributed by atoms with Crippen LogP contribution in [-0.2, 0) is 6.42 Å². The first-order valence-electron chi connectivity index (χ1n) is 7.83. The van der Waals surface area contributed by atoms with Crippen LogP contribution in [0.2, 0.25) is 0 Å². The van der Waals surface area contributed by atoms with Gasteiger partial charge in [-0.05, 0) is 55.9 Å². The fourth-order valence-electron chi connectivity index (χ4n) is 3.35. The number of rotatable bonds is 4. The van der Waals surface area contributed by atoms with Gasteiger partial charge in [-0.15, -0.1) is 0 Å². The number of hydrogen-bond donors (Lipinski definition) is 1. The monoisotopic (exact) mass is 260 g/mol. The number of aryl methyl sites for hydroxylation is 1. The second-order valence-electron chi connectivity index (χ2n) is 5.66. The topological polar surface area (TPSA) is 29.3 Å². The van der Waals surface area contributed by atoms with E-state index in [-0.39, 0.29) is 0 Å². The van der Waals surface area contributed by atoms with Gasteiger partial charge in [-0.25, -0.2) is 0 Å². The first-order valence-corrected chi connectivity index (χ1v) is 7.83. The summed E-state index contributed by atoms with van der Waals surface area (Å²) in [5, 5.41) is 0. The van der Waals surface area contributed by atoms with Crippen molar-refractivity contribution in [2.75, 3.05) is 19.6 Å². The molecule has 0 aliphatic carbocycles. The third-order valence-electron chi connectivity index (χ3n) is 4.55. The molecule has 2 unspecified atom stereocenters. The first-order chi connectivity index (χ1) is 9.30. The lowest BCUT2D eigenvalue weighted by atomic mass is 9.88. The predicted molar refractivity (Wildman–Crippen MR) is 82.2 cm³/mol. The average molecular weight is 260 g/mol. The third-order valence-corrected chi connectivity index (χ3v) is 4.55. The van der Waals surface area contributed by atoms with Crippen LogP contribution in [0.4, 0.5) is 0 Å². The van der Waals surface area contributed by atoms with Crippen LogP contribution in [0.5, 0.6) is 0 Å². The number of benzene rings is 1. The fraction of sp³-hybridized carbons (Fsp3) is 0.647. The van der Waals surface area contributed by atoms with Gasteiger partial charge in [0.25, 0.3) is 0 Å². The Hall–Kier alpha value is -0.860. The van der Waals surface area contributed by atoms with Gasteiger partial charge in [0.1, 0.15) is 0 Å². The maximum Gasteiger partial charge on any atom is 0.0388 e. The summed E-state index contributed by atoms with van der Waals surface area (Å²) in [5.74, 6) is 0.606. The lowest BCUT2D eigenvalue weighted by Gasteiger charge is -2.34. The lowest BCUT2D eigenvalue weighted by Crippen LogP contribution is -2.35. The van der Waals surface area contributed by atoms with Crippen LogP contribution in [0.25, 0.3) is 0 Å². The summed E-state index contributed by atoms with van der Waals surface area (Å²) in [6, 6.07) is 9.72. The van der Waals surface area contributed by atoms with Crippen molar-refractivity contribution in [3.63, 3.8) is 0 Å². The standard InChI is InChI=1S/C17H28N2/c1-3-14-8-10-15(11-9-14)17-16(13-18)7-5-6-12-19(17)4-2/h8-11,16-17H,3-7,12-13,18H2,1-2H3. The molecule has 0 saturated carbocycles. The predicted octanol–water partition coefficient (Wildman–Crippen LogP) is 3.37. The van der Waals surface area contributed by atoms with Gasteiger partial charge >= 0.3 is 0 Å². The number of hydrogen-bond acceptors (Lipinski definition) is 2. The van der Waals surface area contributed by atoms with Crippen molar-refractivity contribution in [3.8, 4) is 0 Å². The molecule has 1 aromatic carbocycles. The zero-order valence-electron chi connectivity index (χ0n) is 12.4. The highest BCUT2D eigenvalue weighted by molar-refractivity contribution is 5.26. The molecule has 0 radical (unpaired) electrons. The molecule has 1 aliphatic heterocycles. The van der Waals surface area contributed by atoms with Crippen molar-refractivity contribution in [2.24, 2.45) is 11.7 Å². The van der Waals surface area contributed by atoms with E-state index in [1.165, 1.54) is 36.9 Å². The normalized spacial score (nSPS) is 25.2. The van der Waals surface area contributed by atoms with Crippen LogP contribution in [-0.4, -0.2) is 24.5 Å². The molecule has 2 rings (SSSR count). The summed E-state index contributed by atoms with van der Waals surface area (Å²) in [7, 11) is 0. The van der Waals surface area contributed by atoms with Crippen LogP contribution in [0, 0.1) is 5.92 Å². The quantitative estimate of drug-likeness (QED) is 0.899. The van der Waals surface area contributed by atoms with E-state index in [9.17, 15) is 0 Å². The molecule has 0 aromatic heterocycles. The zero-order chi connectivity index (χ0) is 13.7. The molecule has 106 valence electrons. The van der Waals surface area contributed by atoms with Gasteiger partial charge in [0.15, 0.2) is 0 Å². The Morgan fingerprint density at radius 1 is 1.16 bits per heavy atom. The highest BCUT2D eigenvalue weighted by Crippen LogP contribution is 2.34. The zero-order valence-corrected chi connectivity index (χ0v) is 12.4. The summed E-state index contributed by atoms with van der Waals surface area (Å²) in [5.41, 5.74) is 8.92. The maximum absolute atomic E-state index is 6.05. The summed E-state index contributed by atoms with van der Waals surface area (Å²) in [6.07, 6.45) is 5.02. The minimum atomic E-state index is 0.517. The second-order valence-corrected chi connectivity index (χ2v) is 5.66. The Kier molecular flexibility index (Phi) is 5.41. The van der Waals surface area contributed by atoms with Gasteiger partial charge < -0.3 is 5.73 Å². The molecule has 0 spiro atoms. The van der Waals surface area contributed by atoms with Crippen LogP contribution in [0.15, 0.2) is 24.3 Å². The molecule has 2 N–H and O–H groups in total. The van der Waals surface area contributed by atoms with E-state index in [0.717, 1.165) is 19.5 Å². The van der Waals surface area contributed by atoms with Gasteiger partial charge in [-0.1, -0.05) is 44.5 Å². The minimum Gasteiger partial charge on any atom is -0.330 e. The Morgan fingerprint density at radius 2 is 1.89 bits per heavy atom. The van der Waals surface area contributed by atoms with Gasteiger partial charge in [0, 0.05) is 6.04 Å². The smallest absolute Gasteiger partial charge is 0.0388 e. The van der Waals surface area contributed by atoms with Crippen LogP contribution in [0.1, 0.15) is 50.3 Å². The molecule has 1 heterocycles. The van der Waals surface area contributed by atoms with E-state index in [1.807, 2.05) is 0 Å². The van der Waals surface area contributed by atoms with E-state index in [0.29, 0.717) is 12.0 Å². The highest BCUT2D eigenvalue weighted by atomic mass is 15.2. The van der Waals surface area contributed by atoms with Crippen molar-refractivity contribution in [1.82, 2.24) is 4.90 Å². The number of nitrogens with zero attached hydrogens (tertiary/aromatic N) is 1. The molecular formula is C17H28N2. The molecule has 2 atom stereocenters. The van der Waals surface area contributed by atoms with E-state index in [1.54, 1.807) is 0 Å². The van der Waals surface area contributed by atoms with Crippen LogP contribution < -0.4 is 5.73 Å². The number of nitrogens with two attached hydrogens (primary N) is 1. The molecular weight excluding hydrogens is 232 g/mol.